The molecule has 0 radical (unpaired) electrons. The summed E-state index contributed by atoms with van der Waals surface area (Å²) in [5, 5.41) is 25.0. The van der Waals surface area contributed by atoms with Gasteiger partial charge >= 0.3 is 0 Å². The molecule has 2 N–H and O–H groups in total. The Balaban J connectivity index is 2.47. The molecular weight excluding hydrogens is 294 g/mol. The Labute approximate surface area is 128 Å². The summed E-state index contributed by atoms with van der Waals surface area (Å²) in [6.07, 6.45) is 1.62. The van der Waals surface area contributed by atoms with Gasteiger partial charge in [-0.2, -0.15) is 0 Å². The summed E-state index contributed by atoms with van der Waals surface area (Å²) in [5.74, 6) is -0.164. The standard InChI is InChI=1S/C14H20ClN3O3/c1-2-3-11(17-8-6-16-7-9-17)13-12(18(20)21)5-4-10(15)14(13)19/h4-5,11,16,19H,2-3,6-9H2,1H3/t11-/m0/s1. The second-order valence-electron chi connectivity index (χ2n) is 5.18. The quantitative estimate of drug-likeness (QED) is 0.645. The maximum Gasteiger partial charge on any atom is 0.278 e. The van der Waals surface area contributed by atoms with Crippen LogP contribution >= 0.6 is 11.6 Å². The summed E-state index contributed by atoms with van der Waals surface area (Å²) in [6, 6.07) is 2.57. The fourth-order valence-electron chi connectivity index (χ4n) is 2.84. The Kier molecular flexibility index (Phi) is 5.39. The molecule has 1 saturated heterocycles. The molecule has 0 saturated carbocycles. The van der Waals surface area contributed by atoms with E-state index in [1.54, 1.807) is 0 Å². The van der Waals surface area contributed by atoms with Gasteiger partial charge in [-0.1, -0.05) is 24.9 Å². The predicted molar refractivity (Wildman–Crippen MR) is 81.9 cm³/mol. The molecule has 0 spiro atoms. The van der Waals surface area contributed by atoms with Gasteiger partial charge in [-0.05, 0) is 12.5 Å². The van der Waals surface area contributed by atoms with Crippen LogP contribution < -0.4 is 5.32 Å². The number of phenols is 1. The summed E-state index contributed by atoms with van der Waals surface area (Å²) in [5.41, 5.74) is 0.283. The maximum absolute atomic E-state index is 11.3. The number of aromatic hydroxyl groups is 1. The number of phenolic OH excluding ortho intramolecular Hbond substituents is 1. The highest BCUT2D eigenvalue weighted by Crippen LogP contribution is 2.42. The molecule has 6 nitrogen and oxygen atoms in total. The van der Waals surface area contributed by atoms with Gasteiger partial charge < -0.3 is 10.4 Å². The van der Waals surface area contributed by atoms with E-state index in [-0.39, 0.29) is 22.5 Å². The maximum atomic E-state index is 11.3. The van der Waals surface area contributed by atoms with E-state index < -0.39 is 4.92 Å². The Bertz CT molecular complexity index is 518. The molecule has 21 heavy (non-hydrogen) atoms. The largest absolute Gasteiger partial charge is 0.506 e. The SMILES string of the molecule is CCC[C@@H](c1c([N+](=O)[O-])ccc(Cl)c1O)N1CCNCC1. The van der Waals surface area contributed by atoms with Crippen LogP contribution in [0.1, 0.15) is 31.4 Å². The lowest BCUT2D eigenvalue weighted by Crippen LogP contribution is -2.45. The highest BCUT2D eigenvalue weighted by molar-refractivity contribution is 6.32. The first-order chi connectivity index (χ1) is 10.1. The molecule has 1 heterocycles. The first-order valence-electron chi connectivity index (χ1n) is 7.16. The van der Waals surface area contributed by atoms with Gasteiger partial charge in [-0.25, -0.2) is 0 Å². The number of hydrogen-bond donors (Lipinski definition) is 2. The van der Waals surface area contributed by atoms with Gasteiger partial charge in [-0.15, -0.1) is 0 Å². The average molecular weight is 314 g/mol. The van der Waals surface area contributed by atoms with Crippen molar-refractivity contribution >= 4 is 17.3 Å². The average Bonchev–Trinajstić information content (AvgIpc) is 2.48. The molecule has 1 aliphatic heterocycles. The van der Waals surface area contributed by atoms with E-state index in [0.717, 1.165) is 39.0 Å². The number of rotatable bonds is 5. The number of halogens is 1. The number of nitrogens with zero attached hydrogens (tertiary/aromatic N) is 2. The number of hydrogen-bond acceptors (Lipinski definition) is 5. The summed E-state index contributed by atoms with van der Waals surface area (Å²) >= 11 is 5.97. The fraction of sp³-hybridized carbons (Fsp3) is 0.571. The van der Waals surface area contributed by atoms with Crippen molar-refractivity contribution in [2.75, 3.05) is 26.2 Å². The van der Waals surface area contributed by atoms with E-state index >= 15 is 0 Å². The Morgan fingerprint density at radius 2 is 2.14 bits per heavy atom. The van der Waals surface area contributed by atoms with Crippen molar-refractivity contribution in [2.24, 2.45) is 0 Å². The molecule has 1 aromatic rings. The molecule has 2 rings (SSSR count). The molecule has 0 aliphatic carbocycles. The molecule has 1 aromatic carbocycles. The lowest BCUT2D eigenvalue weighted by atomic mass is 9.97. The number of nitro benzene ring substituents is 1. The van der Waals surface area contributed by atoms with E-state index in [1.165, 1.54) is 12.1 Å². The van der Waals surface area contributed by atoms with Crippen molar-refractivity contribution in [3.8, 4) is 5.75 Å². The van der Waals surface area contributed by atoms with Crippen LogP contribution in [0.4, 0.5) is 5.69 Å². The number of nitrogens with one attached hydrogen (secondary N) is 1. The summed E-state index contributed by atoms with van der Waals surface area (Å²) in [6.45, 7) is 5.31. The highest BCUT2D eigenvalue weighted by Gasteiger charge is 2.31. The molecule has 0 bridgehead atoms. The van der Waals surface area contributed by atoms with Gasteiger partial charge in [0.25, 0.3) is 5.69 Å². The second-order valence-corrected chi connectivity index (χ2v) is 5.58. The first kappa shape index (κ1) is 16.0. The van der Waals surface area contributed by atoms with E-state index in [9.17, 15) is 15.2 Å². The normalized spacial score (nSPS) is 17.6. The minimum atomic E-state index is -0.448. The Morgan fingerprint density at radius 1 is 1.48 bits per heavy atom. The van der Waals surface area contributed by atoms with E-state index in [4.69, 9.17) is 11.6 Å². The first-order valence-corrected chi connectivity index (χ1v) is 7.54. The van der Waals surface area contributed by atoms with Crippen LogP contribution in [-0.2, 0) is 0 Å². The third-order valence-electron chi connectivity index (χ3n) is 3.83. The molecule has 0 amide bonds. The Morgan fingerprint density at radius 3 is 2.71 bits per heavy atom. The molecule has 1 aliphatic rings. The highest BCUT2D eigenvalue weighted by atomic mass is 35.5. The van der Waals surface area contributed by atoms with Gasteiger partial charge in [0.2, 0.25) is 0 Å². The van der Waals surface area contributed by atoms with Crippen molar-refractivity contribution < 1.29 is 10.0 Å². The van der Waals surface area contributed by atoms with Crippen LogP contribution in [0.5, 0.6) is 5.75 Å². The molecule has 0 unspecified atom stereocenters. The number of piperazine rings is 1. The third kappa shape index (κ3) is 3.45. The van der Waals surface area contributed by atoms with Crippen LogP contribution in [0.3, 0.4) is 0 Å². The fourth-order valence-corrected chi connectivity index (χ4v) is 3.00. The summed E-state index contributed by atoms with van der Waals surface area (Å²) in [7, 11) is 0. The predicted octanol–water partition coefficient (Wildman–Crippen LogP) is 2.70. The minimum Gasteiger partial charge on any atom is -0.506 e. The molecule has 1 fully saturated rings. The monoisotopic (exact) mass is 313 g/mol. The number of nitro groups is 1. The zero-order valence-electron chi connectivity index (χ0n) is 12.0. The topological polar surface area (TPSA) is 78.6 Å². The van der Waals surface area contributed by atoms with Gasteiger partial charge in [0, 0.05) is 38.3 Å². The van der Waals surface area contributed by atoms with Crippen LogP contribution in [0, 0.1) is 10.1 Å². The van der Waals surface area contributed by atoms with Crippen LogP contribution in [0.25, 0.3) is 0 Å². The smallest absolute Gasteiger partial charge is 0.278 e. The van der Waals surface area contributed by atoms with Crippen LogP contribution in [0.15, 0.2) is 12.1 Å². The lowest BCUT2D eigenvalue weighted by Gasteiger charge is -2.35. The zero-order valence-corrected chi connectivity index (χ0v) is 12.8. The summed E-state index contributed by atoms with van der Waals surface area (Å²) in [4.78, 5) is 13.0. The van der Waals surface area contributed by atoms with Gasteiger partial charge in [-0.3, -0.25) is 15.0 Å². The van der Waals surface area contributed by atoms with Gasteiger partial charge in [0.1, 0.15) is 5.75 Å². The van der Waals surface area contributed by atoms with Crippen molar-refractivity contribution in [2.45, 2.75) is 25.8 Å². The molecular formula is C14H20ClN3O3. The lowest BCUT2D eigenvalue weighted by molar-refractivity contribution is -0.386. The Hall–Kier alpha value is -1.37. The van der Waals surface area contributed by atoms with E-state index in [1.807, 2.05) is 6.92 Å². The van der Waals surface area contributed by atoms with Crippen LogP contribution in [-0.4, -0.2) is 41.1 Å². The van der Waals surface area contributed by atoms with Crippen LogP contribution in [0.2, 0.25) is 5.02 Å². The molecule has 0 aromatic heterocycles. The van der Waals surface area contributed by atoms with Gasteiger partial charge in [0.15, 0.2) is 0 Å². The summed E-state index contributed by atoms with van der Waals surface area (Å²) < 4.78 is 0. The van der Waals surface area contributed by atoms with Gasteiger partial charge in [0.05, 0.1) is 15.5 Å². The molecule has 7 heteroatoms. The molecule has 1 atom stereocenters. The van der Waals surface area contributed by atoms with Crippen molar-refractivity contribution in [1.82, 2.24) is 10.2 Å². The van der Waals surface area contributed by atoms with Crippen molar-refractivity contribution in [3.63, 3.8) is 0 Å². The molecule has 116 valence electrons. The van der Waals surface area contributed by atoms with Crippen molar-refractivity contribution in [3.05, 3.63) is 32.8 Å². The van der Waals surface area contributed by atoms with Crippen molar-refractivity contribution in [1.29, 1.82) is 0 Å². The third-order valence-corrected chi connectivity index (χ3v) is 4.13. The zero-order chi connectivity index (χ0) is 15.4. The number of benzene rings is 1. The van der Waals surface area contributed by atoms with E-state index in [0.29, 0.717) is 5.56 Å². The minimum absolute atomic E-state index is 0.0612. The van der Waals surface area contributed by atoms with E-state index in [2.05, 4.69) is 10.2 Å². The second kappa shape index (κ2) is 7.06.